The predicted molar refractivity (Wildman–Crippen MR) is 133 cm³/mol. The summed E-state index contributed by atoms with van der Waals surface area (Å²) in [6.07, 6.45) is 4.42. The number of halogens is 2. The van der Waals surface area contributed by atoms with Crippen molar-refractivity contribution in [1.29, 1.82) is 0 Å². The van der Waals surface area contributed by atoms with Crippen LogP contribution in [0.15, 0.2) is 47.8 Å². The van der Waals surface area contributed by atoms with E-state index in [1.54, 1.807) is 25.3 Å². The van der Waals surface area contributed by atoms with E-state index < -0.39 is 44.3 Å². The highest BCUT2D eigenvalue weighted by atomic mass is 32.2. The molecule has 0 aliphatic heterocycles. The Labute approximate surface area is 206 Å². The molecule has 0 radical (unpaired) electrons. The van der Waals surface area contributed by atoms with Crippen LogP contribution in [-0.2, 0) is 10.0 Å². The van der Waals surface area contributed by atoms with Crippen LogP contribution < -0.4 is 10.3 Å². The van der Waals surface area contributed by atoms with Crippen LogP contribution in [0.1, 0.15) is 29.3 Å². The Hall–Kier alpha value is -3.97. The van der Waals surface area contributed by atoms with Gasteiger partial charge in [-0.25, -0.2) is 22.2 Å². The van der Waals surface area contributed by atoms with Crippen molar-refractivity contribution in [3.63, 3.8) is 0 Å². The van der Waals surface area contributed by atoms with Gasteiger partial charge in [0.1, 0.15) is 16.3 Å². The third kappa shape index (κ3) is 4.16. The Morgan fingerprint density at radius 2 is 1.94 bits per heavy atom. The number of ketones is 1. The zero-order valence-electron chi connectivity index (χ0n) is 18.6. The minimum atomic E-state index is -3.87. The highest BCUT2D eigenvalue weighted by Gasteiger charge is 2.26. The van der Waals surface area contributed by atoms with Gasteiger partial charge in [-0.05, 0) is 30.7 Å². The van der Waals surface area contributed by atoms with Gasteiger partial charge in [-0.2, -0.15) is 4.98 Å². The largest absolute Gasteiger partial charge is 0.345 e. The fourth-order valence-electron chi connectivity index (χ4n) is 3.81. The molecule has 0 fully saturated rings. The van der Waals surface area contributed by atoms with Crippen LogP contribution in [0.5, 0.6) is 0 Å². The summed E-state index contributed by atoms with van der Waals surface area (Å²) in [5, 5.41) is 0.699. The number of hydrogen-bond acceptors (Lipinski definition) is 7. The first kappa shape index (κ1) is 23.8. The minimum absolute atomic E-state index is 0.0513. The first-order chi connectivity index (χ1) is 17.2. The second-order valence-corrected chi connectivity index (χ2v) is 10.8. The topological polar surface area (TPSA) is 138 Å². The van der Waals surface area contributed by atoms with Crippen molar-refractivity contribution in [2.75, 3.05) is 10.5 Å². The van der Waals surface area contributed by atoms with E-state index >= 15 is 4.39 Å². The number of anilines is 1. The minimum Gasteiger partial charge on any atom is -0.345 e. The molecule has 4 heterocycles. The van der Waals surface area contributed by atoms with Gasteiger partial charge in [0, 0.05) is 33.8 Å². The fourth-order valence-corrected chi connectivity index (χ4v) is 5.93. The van der Waals surface area contributed by atoms with E-state index in [0.717, 1.165) is 12.1 Å². The number of aromatic amines is 2. The van der Waals surface area contributed by atoms with Crippen LogP contribution in [0.25, 0.3) is 31.7 Å². The molecule has 9 nitrogen and oxygen atoms in total. The summed E-state index contributed by atoms with van der Waals surface area (Å²) in [6.45, 7) is 1.64. The molecule has 0 aliphatic carbocycles. The Balaban J connectivity index is 1.58. The Bertz CT molecular complexity index is 1830. The van der Waals surface area contributed by atoms with E-state index in [4.69, 9.17) is 0 Å². The van der Waals surface area contributed by atoms with E-state index in [-0.39, 0.29) is 11.3 Å². The number of carbonyl (C=O) groups is 1. The third-order valence-corrected chi connectivity index (χ3v) is 8.05. The summed E-state index contributed by atoms with van der Waals surface area (Å²) in [6, 6.07) is 5.04. The van der Waals surface area contributed by atoms with Crippen LogP contribution in [-0.4, -0.2) is 39.9 Å². The predicted octanol–water partition coefficient (Wildman–Crippen LogP) is 4.19. The molecule has 4 aromatic heterocycles. The van der Waals surface area contributed by atoms with Crippen LogP contribution in [0.2, 0.25) is 0 Å². The van der Waals surface area contributed by atoms with Gasteiger partial charge in [0.25, 0.3) is 5.56 Å². The van der Waals surface area contributed by atoms with Crippen LogP contribution in [0.3, 0.4) is 0 Å². The zero-order valence-corrected chi connectivity index (χ0v) is 20.2. The Morgan fingerprint density at radius 1 is 1.14 bits per heavy atom. The van der Waals surface area contributed by atoms with Crippen molar-refractivity contribution in [2.24, 2.45) is 0 Å². The lowest BCUT2D eigenvalue weighted by atomic mass is 10.0. The molecule has 5 rings (SSSR count). The van der Waals surface area contributed by atoms with Gasteiger partial charge in [-0.1, -0.05) is 6.92 Å². The zero-order chi connectivity index (χ0) is 25.6. The number of hydrogen-bond donors (Lipinski definition) is 3. The van der Waals surface area contributed by atoms with Gasteiger partial charge >= 0.3 is 0 Å². The molecular weight excluding hydrogens is 512 g/mol. The Kier molecular flexibility index (Phi) is 5.88. The number of sulfonamides is 1. The molecule has 1 aromatic carbocycles. The molecule has 0 aliphatic rings. The molecule has 0 atom stereocenters. The number of aromatic nitrogens is 4. The SMILES string of the molecule is CCCS(=O)(=O)Nc1ccc(F)c(C(=O)c2c[nH]c3ncc(-c4cc5c(=O)nc[nH]c5s4)cc23)c1F. The molecule has 0 saturated heterocycles. The smallest absolute Gasteiger partial charge is 0.281 e. The molecule has 0 spiro atoms. The average Bonchev–Trinajstić information content (AvgIpc) is 3.45. The summed E-state index contributed by atoms with van der Waals surface area (Å²) < 4.78 is 56.1. The fraction of sp³-hybridized carbons (Fsp3) is 0.130. The lowest BCUT2D eigenvalue weighted by molar-refractivity contribution is 0.103. The van der Waals surface area contributed by atoms with Gasteiger partial charge in [0.15, 0.2) is 5.82 Å². The van der Waals surface area contributed by atoms with Gasteiger partial charge in [0.05, 0.1) is 28.7 Å². The van der Waals surface area contributed by atoms with Gasteiger partial charge < -0.3 is 9.97 Å². The van der Waals surface area contributed by atoms with Crippen molar-refractivity contribution in [3.05, 3.63) is 76.1 Å². The number of benzene rings is 1. The number of H-pyrrole nitrogens is 2. The number of thiophene rings is 1. The van der Waals surface area contributed by atoms with Crippen molar-refractivity contribution in [2.45, 2.75) is 13.3 Å². The van der Waals surface area contributed by atoms with E-state index in [1.807, 2.05) is 0 Å². The third-order valence-electron chi connectivity index (χ3n) is 5.46. The molecule has 13 heteroatoms. The summed E-state index contributed by atoms with van der Waals surface area (Å²) in [5.41, 5.74) is -0.969. The molecule has 5 aromatic rings. The van der Waals surface area contributed by atoms with Crippen molar-refractivity contribution in [1.82, 2.24) is 19.9 Å². The molecule has 36 heavy (non-hydrogen) atoms. The first-order valence-corrected chi connectivity index (χ1v) is 13.1. The van der Waals surface area contributed by atoms with Gasteiger partial charge in [-0.3, -0.25) is 14.3 Å². The Morgan fingerprint density at radius 3 is 2.69 bits per heavy atom. The van der Waals surface area contributed by atoms with Crippen molar-refractivity contribution in [3.8, 4) is 10.4 Å². The summed E-state index contributed by atoms with van der Waals surface area (Å²) >= 11 is 1.29. The van der Waals surface area contributed by atoms with Gasteiger partial charge in [-0.15, -0.1) is 11.3 Å². The highest BCUT2D eigenvalue weighted by Crippen LogP contribution is 2.33. The van der Waals surface area contributed by atoms with Crippen LogP contribution >= 0.6 is 11.3 Å². The second kappa shape index (κ2) is 8.91. The summed E-state index contributed by atoms with van der Waals surface area (Å²) in [5.74, 6) is -3.69. The normalized spacial score (nSPS) is 11.9. The number of rotatable bonds is 7. The molecule has 3 N–H and O–H groups in total. The first-order valence-electron chi connectivity index (χ1n) is 10.7. The molecule has 0 unspecified atom stereocenters. The lowest BCUT2D eigenvalue weighted by Gasteiger charge is -2.11. The quantitative estimate of drug-likeness (QED) is 0.270. The number of fused-ring (bicyclic) bond motifs is 2. The maximum absolute atomic E-state index is 15.2. The monoisotopic (exact) mass is 529 g/mol. The second-order valence-electron chi connectivity index (χ2n) is 7.92. The number of nitrogens with one attached hydrogen (secondary N) is 3. The lowest BCUT2D eigenvalue weighted by Crippen LogP contribution is -2.18. The van der Waals surface area contributed by atoms with Crippen molar-refractivity contribution < 1.29 is 22.0 Å². The summed E-state index contributed by atoms with van der Waals surface area (Å²) in [4.78, 5) is 40.3. The molecule has 0 saturated carbocycles. The molecule has 184 valence electrons. The van der Waals surface area contributed by atoms with E-state index in [0.29, 0.717) is 38.1 Å². The van der Waals surface area contributed by atoms with E-state index in [9.17, 15) is 22.4 Å². The summed E-state index contributed by atoms with van der Waals surface area (Å²) in [7, 11) is -3.87. The number of pyridine rings is 1. The van der Waals surface area contributed by atoms with Gasteiger partial charge in [0.2, 0.25) is 15.8 Å². The van der Waals surface area contributed by atoms with Crippen molar-refractivity contribution >= 4 is 54.1 Å². The standard InChI is InChI=1S/C23H17F2N5O4S2/c1-2-5-36(33,34)30-16-4-3-15(24)18(19(16)25)20(31)14-9-27-21-12(14)6-11(8-26-21)17-7-13-22(32)28-10-29-23(13)35-17/h3-4,6-10,30H,2,5H2,1H3,(H,26,27)(H,28,29,32). The van der Waals surface area contributed by atoms with Crippen LogP contribution in [0, 0.1) is 11.6 Å². The molecule has 0 bridgehead atoms. The van der Waals surface area contributed by atoms with Crippen LogP contribution in [0.4, 0.5) is 14.5 Å². The van der Waals surface area contributed by atoms with E-state index in [1.165, 1.54) is 23.9 Å². The maximum atomic E-state index is 15.2. The average molecular weight is 530 g/mol. The number of carbonyl (C=O) groups excluding carboxylic acids is 1. The number of nitrogens with zero attached hydrogens (tertiary/aromatic N) is 2. The van der Waals surface area contributed by atoms with E-state index in [2.05, 4.69) is 24.7 Å². The molecular formula is C23H17F2N5O4S2. The molecule has 0 amide bonds. The maximum Gasteiger partial charge on any atom is 0.281 e. The highest BCUT2D eigenvalue weighted by molar-refractivity contribution is 7.92.